The molecule has 1 aliphatic carbocycles. The highest BCUT2D eigenvalue weighted by Crippen LogP contribution is 2.32. The second-order valence-electron chi connectivity index (χ2n) is 5.68. The first kappa shape index (κ1) is 15.4. The molecule has 4 nitrogen and oxygen atoms in total. The van der Waals surface area contributed by atoms with Crippen LogP contribution in [-0.2, 0) is 10.0 Å². The quantitative estimate of drug-likeness (QED) is 0.894. The van der Waals surface area contributed by atoms with Crippen LogP contribution in [0.25, 0.3) is 0 Å². The molecule has 0 heterocycles. The summed E-state index contributed by atoms with van der Waals surface area (Å²) in [5.41, 5.74) is -0.822. The van der Waals surface area contributed by atoms with Gasteiger partial charge in [0.25, 0.3) is 0 Å². The van der Waals surface area contributed by atoms with E-state index < -0.39 is 21.4 Å². The van der Waals surface area contributed by atoms with Gasteiger partial charge in [0.1, 0.15) is 5.82 Å². The van der Waals surface area contributed by atoms with E-state index in [1.165, 1.54) is 18.2 Å². The summed E-state index contributed by atoms with van der Waals surface area (Å²) in [4.78, 5) is -0.107. The van der Waals surface area contributed by atoms with Crippen LogP contribution in [0.4, 0.5) is 4.39 Å². The fraction of sp³-hybridized carbons (Fsp3) is 0.571. The standard InChI is InChI=1S/C14H20FNO3S/c1-11-5-7-14(10-17,8-6-11)16-20(18,19)13-4-2-3-12(15)9-13/h2-4,9,11,16-17H,5-8,10H2,1H3. The third kappa shape index (κ3) is 3.37. The molecule has 2 N–H and O–H groups in total. The summed E-state index contributed by atoms with van der Waals surface area (Å²) in [6, 6.07) is 4.89. The Morgan fingerprint density at radius 3 is 2.60 bits per heavy atom. The van der Waals surface area contributed by atoms with E-state index in [1.807, 2.05) is 0 Å². The van der Waals surface area contributed by atoms with Crippen LogP contribution >= 0.6 is 0 Å². The molecular weight excluding hydrogens is 281 g/mol. The van der Waals surface area contributed by atoms with Gasteiger partial charge in [0.05, 0.1) is 17.0 Å². The molecule has 20 heavy (non-hydrogen) atoms. The van der Waals surface area contributed by atoms with Crippen LogP contribution in [0.2, 0.25) is 0 Å². The van der Waals surface area contributed by atoms with Gasteiger partial charge in [-0.15, -0.1) is 0 Å². The van der Waals surface area contributed by atoms with E-state index in [4.69, 9.17) is 0 Å². The summed E-state index contributed by atoms with van der Waals surface area (Å²) >= 11 is 0. The summed E-state index contributed by atoms with van der Waals surface area (Å²) in [5.74, 6) is -0.0588. The van der Waals surface area contributed by atoms with Gasteiger partial charge in [-0.1, -0.05) is 13.0 Å². The Hall–Kier alpha value is -0.980. The Balaban J connectivity index is 2.22. The molecule has 1 saturated carbocycles. The molecule has 2 rings (SSSR count). The fourth-order valence-corrected chi connectivity index (χ4v) is 4.07. The monoisotopic (exact) mass is 301 g/mol. The van der Waals surface area contributed by atoms with Crippen LogP contribution < -0.4 is 4.72 Å². The molecule has 0 aliphatic heterocycles. The lowest BCUT2D eigenvalue weighted by Gasteiger charge is -2.38. The van der Waals surface area contributed by atoms with Gasteiger partial charge in [0.2, 0.25) is 10.0 Å². The Bertz CT molecular complexity index is 566. The third-order valence-corrected chi connectivity index (χ3v) is 5.57. The number of rotatable bonds is 4. The van der Waals surface area contributed by atoms with Gasteiger partial charge in [-0.3, -0.25) is 0 Å². The zero-order valence-corrected chi connectivity index (χ0v) is 12.3. The van der Waals surface area contributed by atoms with Crippen LogP contribution in [0, 0.1) is 11.7 Å². The van der Waals surface area contributed by atoms with E-state index in [1.54, 1.807) is 0 Å². The van der Waals surface area contributed by atoms with Gasteiger partial charge in [-0.05, 0) is 49.8 Å². The zero-order chi connectivity index (χ0) is 14.8. The van der Waals surface area contributed by atoms with Crippen molar-refractivity contribution in [1.82, 2.24) is 4.72 Å². The minimum atomic E-state index is -3.82. The largest absolute Gasteiger partial charge is 0.394 e. The van der Waals surface area contributed by atoms with Crippen molar-refractivity contribution in [3.8, 4) is 0 Å². The van der Waals surface area contributed by atoms with E-state index in [-0.39, 0.29) is 11.5 Å². The van der Waals surface area contributed by atoms with Crippen molar-refractivity contribution in [3.05, 3.63) is 30.1 Å². The van der Waals surface area contributed by atoms with Crippen molar-refractivity contribution in [2.45, 2.75) is 43.0 Å². The zero-order valence-electron chi connectivity index (χ0n) is 11.5. The Labute approximate surface area is 119 Å². The lowest BCUT2D eigenvalue weighted by molar-refractivity contribution is 0.125. The molecule has 1 fully saturated rings. The molecule has 0 atom stereocenters. The highest BCUT2D eigenvalue weighted by molar-refractivity contribution is 7.89. The molecule has 1 aromatic rings. The van der Waals surface area contributed by atoms with Crippen molar-refractivity contribution in [3.63, 3.8) is 0 Å². The van der Waals surface area contributed by atoms with E-state index in [9.17, 15) is 17.9 Å². The van der Waals surface area contributed by atoms with E-state index in [0.29, 0.717) is 18.8 Å². The maximum atomic E-state index is 13.2. The third-order valence-electron chi connectivity index (χ3n) is 3.99. The smallest absolute Gasteiger partial charge is 0.241 e. The number of aliphatic hydroxyl groups excluding tert-OH is 1. The predicted octanol–water partition coefficient (Wildman–Crippen LogP) is 2.05. The maximum Gasteiger partial charge on any atom is 0.241 e. The molecule has 112 valence electrons. The molecule has 0 radical (unpaired) electrons. The number of benzene rings is 1. The molecule has 0 bridgehead atoms. The average molecular weight is 301 g/mol. The topological polar surface area (TPSA) is 66.4 Å². The van der Waals surface area contributed by atoms with Gasteiger partial charge in [0, 0.05) is 0 Å². The normalized spacial score (nSPS) is 27.4. The molecule has 1 aliphatic rings. The van der Waals surface area contributed by atoms with E-state index in [2.05, 4.69) is 11.6 Å². The minimum Gasteiger partial charge on any atom is -0.394 e. The minimum absolute atomic E-state index is 0.107. The van der Waals surface area contributed by atoms with Gasteiger partial charge in [-0.2, -0.15) is 0 Å². The van der Waals surface area contributed by atoms with Crippen LogP contribution in [0.5, 0.6) is 0 Å². The van der Waals surface area contributed by atoms with E-state index >= 15 is 0 Å². The summed E-state index contributed by atoms with van der Waals surface area (Å²) in [7, 11) is -3.82. The SMILES string of the molecule is CC1CCC(CO)(NS(=O)(=O)c2cccc(F)c2)CC1. The van der Waals surface area contributed by atoms with Crippen molar-refractivity contribution in [2.75, 3.05) is 6.61 Å². The molecule has 0 amide bonds. The van der Waals surface area contributed by atoms with Gasteiger partial charge >= 0.3 is 0 Å². The van der Waals surface area contributed by atoms with Crippen LogP contribution in [-0.4, -0.2) is 25.7 Å². The first-order chi connectivity index (χ1) is 9.37. The molecule has 6 heteroatoms. The fourth-order valence-electron chi connectivity index (χ4n) is 2.59. The second kappa shape index (κ2) is 5.79. The maximum absolute atomic E-state index is 13.2. The summed E-state index contributed by atoms with van der Waals surface area (Å²) in [6.07, 6.45) is 2.93. The lowest BCUT2D eigenvalue weighted by atomic mass is 9.78. The molecule has 0 unspecified atom stereocenters. The van der Waals surface area contributed by atoms with Crippen LogP contribution in [0.1, 0.15) is 32.6 Å². The van der Waals surface area contributed by atoms with Crippen molar-refractivity contribution in [2.24, 2.45) is 5.92 Å². The average Bonchev–Trinajstić information content (AvgIpc) is 2.41. The Morgan fingerprint density at radius 2 is 2.05 bits per heavy atom. The number of nitrogens with one attached hydrogen (secondary N) is 1. The summed E-state index contributed by atoms with van der Waals surface area (Å²) in [6.45, 7) is 1.87. The number of aliphatic hydroxyl groups is 1. The van der Waals surface area contributed by atoms with Crippen LogP contribution in [0.15, 0.2) is 29.2 Å². The number of halogens is 1. The van der Waals surface area contributed by atoms with Crippen molar-refractivity contribution >= 4 is 10.0 Å². The van der Waals surface area contributed by atoms with E-state index in [0.717, 1.165) is 18.9 Å². The number of sulfonamides is 1. The molecule has 0 spiro atoms. The first-order valence-electron chi connectivity index (χ1n) is 6.77. The van der Waals surface area contributed by atoms with Gasteiger partial charge in [0.15, 0.2) is 0 Å². The van der Waals surface area contributed by atoms with Gasteiger partial charge < -0.3 is 5.11 Å². The van der Waals surface area contributed by atoms with Crippen molar-refractivity contribution in [1.29, 1.82) is 0 Å². The molecule has 0 aromatic heterocycles. The van der Waals surface area contributed by atoms with Crippen LogP contribution in [0.3, 0.4) is 0 Å². The summed E-state index contributed by atoms with van der Waals surface area (Å²) in [5, 5.41) is 9.59. The lowest BCUT2D eigenvalue weighted by Crippen LogP contribution is -2.53. The number of hydrogen-bond donors (Lipinski definition) is 2. The Kier molecular flexibility index (Phi) is 4.46. The predicted molar refractivity (Wildman–Crippen MR) is 74.2 cm³/mol. The molecule has 1 aromatic carbocycles. The Morgan fingerprint density at radius 1 is 1.40 bits per heavy atom. The molecular formula is C14H20FNO3S. The van der Waals surface area contributed by atoms with Gasteiger partial charge in [-0.25, -0.2) is 17.5 Å². The first-order valence-corrected chi connectivity index (χ1v) is 8.26. The second-order valence-corrected chi connectivity index (χ2v) is 7.37. The molecule has 0 saturated heterocycles. The summed E-state index contributed by atoms with van der Waals surface area (Å²) < 4.78 is 40.4. The number of hydrogen-bond acceptors (Lipinski definition) is 3. The van der Waals surface area contributed by atoms with Crippen molar-refractivity contribution < 1.29 is 17.9 Å². The highest BCUT2D eigenvalue weighted by atomic mass is 32.2. The highest BCUT2D eigenvalue weighted by Gasteiger charge is 2.37.